The molecule has 0 aromatic heterocycles. The van der Waals surface area contributed by atoms with Gasteiger partial charge >= 0.3 is 5.97 Å². The molecule has 0 radical (unpaired) electrons. The van der Waals surface area contributed by atoms with E-state index >= 15 is 0 Å². The molecule has 16 heavy (non-hydrogen) atoms. The van der Waals surface area contributed by atoms with Gasteiger partial charge in [-0.2, -0.15) is 0 Å². The van der Waals surface area contributed by atoms with E-state index in [1.165, 1.54) is 6.92 Å². The molecule has 6 heteroatoms. The van der Waals surface area contributed by atoms with Gasteiger partial charge in [0.1, 0.15) is 0 Å². The van der Waals surface area contributed by atoms with E-state index in [9.17, 15) is 9.90 Å². The van der Waals surface area contributed by atoms with E-state index < -0.39 is 11.6 Å². The molecule has 0 bridgehead atoms. The molecule has 2 N–H and O–H groups in total. The van der Waals surface area contributed by atoms with Crippen LogP contribution in [0.15, 0.2) is 23.1 Å². The molecule has 0 spiro atoms. The van der Waals surface area contributed by atoms with E-state index in [0.29, 0.717) is 14.9 Å². The molecule has 0 fully saturated rings. The number of benzene rings is 1. The summed E-state index contributed by atoms with van der Waals surface area (Å²) in [5.41, 5.74) is -1.80. The Labute approximate surface area is 107 Å². The fourth-order valence-electron chi connectivity index (χ4n) is 0.895. The lowest BCUT2D eigenvalue weighted by Gasteiger charge is -2.17. The Morgan fingerprint density at radius 3 is 2.38 bits per heavy atom. The molecule has 1 aromatic carbocycles. The number of thioether (sulfide) groups is 1. The summed E-state index contributed by atoms with van der Waals surface area (Å²) in [4.78, 5) is 11.3. The van der Waals surface area contributed by atoms with E-state index in [4.69, 9.17) is 28.3 Å². The first-order chi connectivity index (χ1) is 7.34. The van der Waals surface area contributed by atoms with Crippen LogP contribution in [0.1, 0.15) is 6.92 Å². The Bertz CT molecular complexity index is 387. The fourth-order valence-corrected chi connectivity index (χ4v) is 2.58. The van der Waals surface area contributed by atoms with Gasteiger partial charge in [-0.3, -0.25) is 0 Å². The van der Waals surface area contributed by atoms with E-state index in [-0.39, 0.29) is 5.75 Å². The van der Waals surface area contributed by atoms with Crippen LogP contribution in [0.5, 0.6) is 0 Å². The third-order valence-corrected chi connectivity index (χ3v) is 4.17. The molecule has 3 nitrogen and oxygen atoms in total. The maximum atomic E-state index is 10.7. The summed E-state index contributed by atoms with van der Waals surface area (Å²) < 4.78 is 0. The van der Waals surface area contributed by atoms with Crippen molar-refractivity contribution in [3.63, 3.8) is 0 Å². The van der Waals surface area contributed by atoms with Crippen molar-refractivity contribution in [3.05, 3.63) is 28.2 Å². The van der Waals surface area contributed by atoms with Crippen LogP contribution in [0.4, 0.5) is 0 Å². The number of rotatable bonds is 4. The van der Waals surface area contributed by atoms with Crippen molar-refractivity contribution in [2.45, 2.75) is 17.4 Å². The van der Waals surface area contributed by atoms with Gasteiger partial charge in [0.25, 0.3) is 0 Å². The summed E-state index contributed by atoms with van der Waals surface area (Å²) in [7, 11) is 0. The van der Waals surface area contributed by atoms with Crippen LogP contribution in [-0.2, 0) is 4.79 Å². The average Bonchev–Trinajstić information content (AvgIpc) is 2.16. The summed E-state index contributed by atoms with van der Waals surface area (Å²) in [6.45, 7) is 1.23. The molecular formula is C10H10Cl2O3S. The largest absolute Gasteiger partial charge is 0.479 e. The molecule has 0 aliphatic heterocycles. The first kappa shape index (κ1) is 13.6. The van der Waals surface area contributed by atoms with E-state index in [1.807, 2.05) is 0 Å². The lowest BCUT2D eigenvalue weighted by Crippen LogP contribution is -2.37. The molecule has 1 aromatic rings. The first-order valence-corrected chi connectivity index (χ1v) is 6.11. The average molecular weight is 281 g/mol. The number of hydrogen-bond donors (Lipinski definition) is 2. The van der Waals surface area contributed by atoms with Crippen molar-refractivity contribution in [1.29, 1.82) is 0 Å². The normalized spacial score (nSPS) is 14.5. The Morgan fingerprint density at radius 2 is 1.94 bits per heavy atom. The van der Waals surface area contributed by atoms with Gasteiger partial charge in [0.2, 0.25) is 0 Å². The van der Waals surface area contributed by atoms with Crippen molar-refractivity contribution in [2.24, 2.45) is 0 Å². The number of carboxylic acids is 1. The van der Waals surface area contributed by atoms with Gasteiger partial charge in [-0.25, -0.2) is 4.79 Å². The number of carboxylic acid groups (broad SMARTS) is 1. The molecule has 0 amide bonds. The molecule has 1 atom stereocenters. The van der Waals surface area contributed by atoms with Crippen LogP contribution in [0.3, 0.4) is 0 Å². The number of aliphatic carboxylic acids is 1. The van der Waals surface area contributed by atoms with E-state index in [2.05, 4.69) is 0 Å². The third-order valence-electron chi connectivity index (χ3n) is 1.88. The minimum Gasteiger partial charge on any atom is -0.479 e. The summed E-state index contributed by atoms with van der Waals surface area (Å²) in [6, 6.07) is 5.01. The Hall–Kier alpha value is -0.420. The van der Waals surface area contributed by atoms with E-state index in [1.54, 1.807) is 18.2 Å². The van der Waals surface area contributed by atoms with Crippen LogP contribution in [-0.4, -0.2) is 27.5 Å². The zero-order chi connectivity index (χ0) is 12.3. The Balaban J connectivity index is 2.79. The maximum Gasteiger partial charge on any atom is 0.336 e. The molecule has 0 heterocycles. The Kier molecular flexibility index (Phi) is 4.50. The molecule has 1 unspecified atom stereocenters. The topological polar surface area (TPSA) is 57.5 Å². The minimum atomic E-state index is -1.80. The fraction of sp³-hybridized carbons (Fsp3) is 0.300. The van der Waals surface area contributed by atoms with Gasteiger partial charge in [-0.05, 0) is 19.1 Å². The first-order valence-electron chi connectivity index (χ1n) is 4.37. The maximum absolute atomic E-state index is 10.7. The van der Waals surface area contributed by atoms with Crippen molar-refractivity contribution < 1.29 is 15.0 Å². The highest BCUT2D eigenvalue weighted by Crippen LogP contribution is 2.35. The number of aliphatic hydroxyl groups is 1. The van der Waals surface area contributed by atoms with Crippen LogP contribution in [0.2, 0.25) is 10.0 Å². The van der Waals surface area contributed by atoms with Crippen LogP contribution < -0.4 is 0 Å². The molecular weight excluding hydrogens is 271 g/mol. The van der Waals surface area contributed by atoms with Crippen LogP contribution in [0, 0.1) is 0 Å². The molecule has 0 aliphatic carbocycles. The highest BCUT2D eigenvalue weighted by molar-refractivity contribution is 7.99. The SMILES string of the molecule is CC(O)(CSc1c(Cl)cccc1Cl)C(=O)O. The second-order valence-corrected chi connectivity index (χ2v) is 5.22. The van der Waals surface area contributed by atoms with Crippen LogP contribution >= 0.6 is 35.0 Å². The van der Waals surface area contributed by atoms with Crippen molar-refractivity contribution >= 4 is 40.9 Å². The second-order valence-electron chi connectivity index (χ2n) is 3.42. The molecule has 88 valence electrons. The third kappa shape index (κ3) is 3.28. The summed E-state index contributed by atoms with van der Waals surface area (Å²) in [5.74, 6) is -1.30. The van der Waals surface area contributed by atoms with Gasteiger partial charge in [0.15, 0.2) is 5.60 Å². The van der Waals surface area contributed by atoms with Gasteiger partial charge in [-0.1, -0.05) is 29.3 Å². The standard InChI is InChI=1S/C10H10Cl2O3S/c1-10(15,9(13)14)5-16-8-6(11)3-2-4-7(8)12/h2-4,15H,5H2,1H3,(H,13,14). The van der Waals surface area contributed by atoms with E-state index in [0.717, 1.165) is 11.8 Å². The summed E-state index contributed by atoms with van der Waals surface area (Å²) in [6.07, 6.45) is 0. The lowest BCUT2D eigenvalue weighted by molar-refractivity contribution is -0.154. The Morgan fingerprint density at radius 1 is 1.44 bits per heavy atom. The van der Waals surface area contributed by atoms with Crippen molar-refractivity contribution in [1.82, 2.24) is 0 Å². The minimum absolute atomic E-state index is 0.0220. The molecule has 0 saturated heterocycles. The van der Waals surface area contributed by atoms with Gasteiger partial charge in [-0.15, -0.1) is 11.8 Å². The smallest absolute Gasteiger partial charge is 0.336 e. The van der Waals surface area contributed by atoms with Crippen LogP contribution in [0.25, 0.3) is 0 Å². The predicted octanol–water partition coefficient (Wildman–Crippen LogP) is 2.92. The highest BCUT2D eigenvalue weighted by atomic mass is 35.5. The zero-order valence-electron chi connectivity index (χ0n) is 8.41. The monoisotopic (exact) mass is 280 g/mol. The van der Waals surface area contributed by atoms with Gasteiger partial charge in [0, 0.05) is 10.6 Å². The van der Waals surface area contributed by atoms with Gasteiger partial charge < -0.3 is 10.2 Å². The number of hydrogen-bond acceptors (Lipinski definition) is 3. The summed E-state index contributed by atoms with van der Waals surface area (Å²) >= 11 is 12.9. The molecule has 0 aliphatic rings. The van der Waals surface area contributed by atoms with Crippen molar-refractivity contribution in [2.75, 3.05) is 5.75 Å². The summed E-state index contributed by atoms with van der Waals surface area (Å²) in [5, 5.41) is 19.1. The molecule has 1 rings (SSSR count). The number of halogens is 2. The predicted molar refractivity (Wildman–Crippen MR) is 65.4 cm³/mol. The zero-order valence-corrected chi connectivity index (χ0v) is 10.7. The highest BCUT2D eigenvalue weighted by Gasteiger charge is 2.30. The van der Waals surface area contributed by atoms with Crippen molar-refractivity contribution in [3.8, 4) is 0 Å². The van der Waals surface area contributed by atoms with Gasteiger partial charge in [0.05, 0.1) is 10.0 Å². The molecule has 0 saturated carbocycles. The number of carbonyl (C=O) groups is 1. The quantitative estimate of drug-likeness (QED) is 0.833. The lowest BCUT2D eigenvalue weighted by atomic mass is 10.1. The second kappa shape index (κ2) is 5.27.